The molecule has 0 saturated heterocycles. The SMILES string of the molecule is NC(Cc1cn(CCCC[C@H](NC(=O)CCCCCC(=O)NCCCC[C@H](NC(=O)N[C@@H](CCC(=O)O)C(=O)O)C(=O)O)C(=O)O)nn1)C(=O)O. The molecule has 0 aromatic carbocycles. The Bertz CT molecular complexity index is 1340. The minimum atomic E-state index is -1.51. The summed E-state index contributed by atoms with van der Waals surface area (Å²) in [5, 5.41) is 62.7. The number of nitrogens with two attached hydrogens (primary N) is 1. The van der Waals surface area contributed by atoms with E-state index in [1.165, 1.54) is 4.68 Å². The van der Waals surface area contributed by atoms with Gasteiger partial charge in [0.05, 0.1) is 5.69 Å². The molecular weight excluding hydrogens is 680 g/mol. The molecule has 0 radical (unpaired) electrons. The van der Waals surface area contributed by atoms with Crippen LogP contribution in [0.1, 0.15) is 89.2 Å². The maximum atomic E-state index is 12.3. The summed E-state index contributed by atoms with van der Waals surface area (Å²) in [7, 11) is 0. The number of aliphatic carboxylic acids is 5. The average Bonchev–Trinajstić information content (AvgIpc) is 3.49. The highest BCUT2D eigenvalue weighted by molar-refractivity contribution is 5.86. The Kier molecular flexibility index (Phi) is 20.5. The zero-order valence-corrected chi connectivity index (χ0v) is 28.1. The zero-order valence-electron chi connectivity index (χ0n) is 28.1. The second-order valence-corrected chi connectivity index (χ2v) is 11.8. The van der Waals surface area contributed by atoms with Gasteiger partial charge in [-0.3, -0.25) is 23.9 Å². The molecule has 11 N–H and O–H groups in total. The van der Waals surface area contributed by atoms with Crippen LogP contribution in [0.4, 0.5) is 4.79 Å². The third-order valence-electron chi connectivity index (χ3n) is 7.50. The van der Waals surface area contributed by atoms with Crippen molar-refractivity contribution >= 4 is 47.7 Å². The van der Waals surface area contributed by atoms with Gasteiger partial charge in [-0.05, 0) is 57.8 Å². The van der Waals surface area contributed by atoms with Crippen LogP contribution in [-0.4, -0.2) is 119 Å². The van der Waals surface area contributed by atoms with E-state index in [1.807, 2.05) is 5.32 Å². The molecule has 51 heavy (non-hydrogen) atoms. The largest absolute Gasteiger partial charge is 0.481 e. The molecule has 1 heterocycles. The van der Waals surface area contributed by atoms with Crippen LogP contribution in [-0.2, 0) is 46.5 Å². The monoisotopic (exact) mass is 728 g/mol. The number of carboxylic acid groups (broad SMARTS) is 5. The van der Waals surface area contributed by atoms with Crippen molar-refractivity contribution in [1.29, 1.82) is 0 Å². The number of rotatable bonds is 28. The molecule has 0 fully saturated rings. The zero-order chi connectivity index (χ0) is 38.3. The molecular formula is C30H48N8O13. The summed E-state index contributed by atoms with van der Waals surface area (Å²) in [5.41, 5.74) is 5.91. The molecule has 0 saturated carbocycles. The van der Waals surface area contributed by atoms with Crippen LogP contribution in [0.2, 0.25) is 0 Å². The van der Waals surface area contributed by atoms with Gasteiger partial charge in [0.1, 0.15) is 24.2 Å². The Balaban J connectivity index is 2.22. The molecule has 0 spiro atoms. The van der Waals surface area contributed by atoms with Crippen LogP contribution in [0.5, 0.6) is 0 Å². The summed E-state index contributed by atoms with van der Waals surface area (Å²) in [6.07, 6.45) is 4.36. The fourth-order valence-electron chi connectivity index (χ4n) is 4.68. The van der Waals surface area contributed by atoms with E-state index in [0.29, 0.717) is 57.2 Å². The Morgan fingerprint density at radius 1 is 0.647 bits per heavy atom. The molecule has 1 unspecified atom stereocenters. The van der Waals surface area contributed by atoms with Crippen molar-refractivity contribution in [3.8, 4) is 0 Å². The lowest BCUT2D eigenvalue weighted by molar-refractivity contribution is -0.142. The third-order valence-corrected chi connectivity index (χ3v) is 7.50. The van der Waals surface area contributed by atoms with Crippen molar-refractivity contribution in [3.05, 3.63) is 11.9 Å². The number of carbonyl (C=O) groups is 8. The number of hydrogen-bond donors (Lipinski definition) is 10. The van der Waals surface area contributed by atoms with Gasteiger partial charge in [0, 0.05) is 45.0 Å². The number of nitrogens with zero attached hydrogens (tertiary/aromatic N) is 3. The van der Waals surface area contributed by atoms with E-state index in [9.17, 15) is 48.6 Å². The predicted octanol–water partition coefficient (Wildman–Crippen LogP) is -0.720. The van der Waals surface area contributed by atoms with E-state index >= 15 is 0 Å². The summed E-state index contributed by atoms with van der Waals surface area (Å²) in [5.74, 6) is -7.04. The van der Waals surface area contributed by atoms with Crippen molar-refractivity contribution in [3.63, 3.8) is 0 Å². The first-order chi connectivity index (χ1) is 24.1. The fraction of sp³-hybridized carbons (Fsp3) is 0.667. The van der Waals surface area contributed by atoms with Crippen LogP contribution >= 0.6 is 0 Å². The number of urea groups is 1. The van der Waals surface area contributed by atoms with Crippen molar-refractivity contribution in [2.24, 2.45) is 5.73 Å². The topological polar surface area (TPSA) is 343 Å². The highest BCUT2D eigenvalue weighted by Gasteiger charge is 2.25. The van der Waals surface area contributed by atoms with E-state index < -0.39 is 72.4 Å². The highest BCUT2D eigenvalue weighted by atomic mass is 16.4. The molecule has 21 nitrogen and oxygen atoms in total. The van der Waals surface area contributed by atoms with Crippen LogP contribution < -0.4 is 27.0 Å². The molecule has 1 aromatic rings. The Morgan fingerprint density at radius 3 is 1.76 bits per heavy atom. The van der Waals surface area contributed by atoms with E-state index in [2.05, 4.69) is 26.3 Å². The van der Waals surface area contributed by atoms with Gasteiger partial charge >= 0.3 is 35.9 Å². The van der Waals surface area contributed by atoms with Gasteiger partial charge in [-0.15, -0.1) is 5.10 Å². The molecule has 0 aliphatic rings. The highest BCUT2D eigenvalue weighted by Crippen LogP contribution is 2.08. The van der Waals surface area contributed by atoms with Crippen molar-refractivity contribution in [2.45, 2.75) is 121 Å². The lowest BCUT2D eigenvalue weighted by atomic mass is 10.1. The molecule has 0 aliphatic carbocycles. The first-order valence-electron chi connectivity index (χ1n) is 16.5. The van der Waals surface area contributed by atoms with Gasteiger partial charge in [-0.25, -0.2) is 19.2 Å². The van der Waals surface area contributed by atoms with Gasteiger partial charge < -0.3 is 52.5 Å². The van der Waals surface area contributed by atoms with Crippen molar-refractivity contribution in [2.75, 3.05) is 6.54 Å². The molecule has 0 bridgehead atoms. The van der Waals surface area contributed by atoms with Crippen LogP contribution in [0.15, 0.2) is 6.20 Å². The molecule has 1 aromatic heterocycles. The minimum Gasteiger partial charge on any atom is -0.481 e. The number of carbonyl (C=O) groups excluding carboxylic acids is 3. The maximum Gasteiger partial charge on any atom is 0.326 e. The second kappa shape index (κ2) is 23.9. The standard InChI is InChI=1S/C30H48N8O13/c31-19(26(43)44)16-18-17-38(37-36-18)15-7-5-9-20(27(45)46)33-24(40)11-3-1-2-10-23(39)32-14-6-4-8-21(28(47)48)34-30(51)35-22(29(49)50)12-13-25(41)42/h17,19-22H,1-16,31H2,(H,32,39)(H,33,40)(H,41,42)(H,43,44)(H,45,46)(H,47,48)(H,49,50)(H2,34,35,51)/t19?,20-,21-,22-/m0/s1. The van der Waals surface area contributed by atoms with Gasteiger partial charge in [0.2, 0.25) is 11.8 Å². The molecule has 0 aliphatic heterocycles. The second-order valence-electron chi connectivity index (χ2n) is 11.8. The summed E-state index contributed by atoms with van der Waals surface area (Å²) >= 11 is 0. The summed E-state index contributed by atoms with van der Waals surface area (Å²) in [6.45, 7) is 0.664. The predicted molar refractivity (Wildman–Crippen MR) is 174 cm³/mol. The van der Waals surface area contributed by atoms with Gasteiger partial charge in [-0.2, -0.15) is 0 Å². The lowest BCUT2D eigenvalue weighted by Crippen LogP contribution is -2.51. The van der Waals surface area contributed by atoms with E-state index in [1.54, 1.807) is 6.20 Å². The van der Waals surface area contributed by atoms with E-state index in [0.717, 1.165) is 0 Å². The first-order valence-corrected chi connectivity index (χ1v) is 16.5. The molecule has 1 rings (SSSR count). The molecule has 4 atom stereocenters. The fourth-order valence-corrected chi connectivity index (χ4v) is 4.68. The number of amides is 4. The Hall–Kier alpha value is -5.34. The Labute approximate surface area is 292 Å². The summed E-state index contributed by atoms with van der Waals surface area (Å²) in [6, 6.07) is -6.07. The molecule has 286 valence electrons. The average molecular weight is 729 g/mol. The lowest BCUT2D eigenvalue weighted by Gasteiger charge is -2.18. The smallest absolute Gasteiger partial charge is 0.326 e. The maximum absolute atomic E-state index is 12.3. The number of hydrogen-bond acceptors (Lipinski definition) is 11. The number of carboxylic acids is 5. The minimum absolute atomic E-state index is 0.00638. The van der Waals surface area contributed by atoms with Crippen LogP contribution in [0.3, 0.4) is 0 Å². The van der Waals surface area contributed by atoms with Crippen molar-refractivity contribution in [1.82, 2.24) is 36.3 Å². The van der Waals surface area contributed by atoms with Crippen LogP contribution in [0.25, 0.3) is 0 Å². The molecule has 4 amide bonds. The van der Waals surface area contributed by atoms with Gasteiger partial charge in [0.15, 0.2) is 0 Å². The van der Waals surface area contributed by atoms with E-state index in [-0.39, 0.29) is 51.0 Å². The summed E-state index contributed by atoms with van der Waals surface area (Å²) in [4.78, 5) is 92.3. The molecule has 21 heteroatoms. The number of aryl methyl sites for hydroxylation is 1. The number of nitrogens with one attached hydrogen (secondary N) is 4. The third kappa shape index (κ3) is 20.1. The number of aromatic nitrogens is 3. The summed E-state index contributed by atoms with van der Waals surface area (Å²) < 4.78 is 1.51. The van der Waals surface area contributed by atoms with E-state index in [4.69, 9.17) is 21.1 Å². The van der Waals surface area contributed by atoms with Crippen LogP contribution in [0, 0.1) is 0 Å². The van der Waals surface area contributed by atoms with Crippen molar-refractivity contribution < 1.29 is 63.9 Å². The Morgan fingerprint density at radius 2 is 1.20 bits per heavy atom. The normalized spacial score (nSPS) is 13.2. The van der Waals surface area contributed by atoms with Gasteiger partial charge in [-0.1, -0.05) is 11.6 Å². The van der Waals surface area contributed by atoms with Gasteiger partial charge in [0.25, 0.3) is 0 Å². The first kappa shape index (κ1) is 43.7. The quantitative estimate of drug-likeness (QED) is 0.0476. The number of unbranched alkanes of at least 4 members (excludes halogenated alkanes) is 4.